The van der Waals surface area contributed by atoms with E-state index in [-0.39, 0.29) is 0 Å². The van der Waals surface area contributed by atoms with Gasteiger partial charge in [0.05, 0.1) is 0 Å². The molecular formula is C12H9O. The first-order chi connectivity index (χ1) is 6.45. The van der Waals surface area contributed by atoms with Crippen LogP contribution in [0.1, 0.15) is 0 Å². The van der Waals surface area contributed by atoms with Gasteiger partial charge in [-0.2, -0.15) is 0 Å². The summed E-state index contributed by atoms with van der Waals surface area (Å²) in [6, 6.07) is 20.1. The molecule has 0 unspecified atom stereocenters. The molecule has 0 aliphatic rings. The Morgan fingerprint density at radius 2 is 1.38 bits per heavy atom. The number of hydrogen-bond donors (Lipinski definition) is 0. The van der Waals surface area contributed by atoms with Crippen molar-refractivity contribution in [1.82, 2.24) is 0 Å². The zero-order chi connectivity index (χ0) is 8.93. The molecule has 0 atom stereocenters. The van der Waals surface area contributed by atoms with Gasteiger partial charge in [0.25, 0.3) is 0 Å². The monoisotopic (exact) mass is 169 g/mol. The third-order valence-electron chi connectivity index (χ3n) is 1.67. The van der Waals surface area contributed by atoms with Crippen molar-refractivity contribution in [3.63, 3.8) is 0 Å². The van der Waals surface area contributed by atoms with Gasteiger partial charge in [-0.15, -0.1) is 0 Å². The van der Waals surface area contributed by atoms with Crippen LogP contribution in [0.5, 0.6) is 11.5 Å². The van der Waals surface area contributed by atoms with Crippen LogP contribution in [0.2, 0.25) is 0 Å². The van der Waals surface area contributed by atoms with E-state index in [1.54, 1.807) is 0 Å². The van der Waals surface area contributed by atoms with E-state index in [4.69, 9.17) is 4.74 Å². The van der Waals surface area contributed by atoms with Crippen molar-refractivity contribution < 1.29 is 4.74 Å². The molecule has 1 heteroatoms. The van der Waals surface area contributed by atoms with E-state index in [1.807, 2.05) is 54.6 Å². The van der Waals surface area contributed by atoms with Crippen molar-refractivity contribution in [1.29, 1.82) is 0 Å². The maximum absolute atomic E-state index is 5.56. The lowest BCUT2D eigenvalue weighted by Gasteiger charge is -2.03. The van der Waals surface area contributed by atoms with Gasteiger partial charge in [0.2, 0.25) is 0 Å². The van der Waals surface area contributed by atoms with Crippen LogP contribution >= 0.6 is 0 Å². The summed E-state index contributed by atoms with van der Waals surface area (Å²) >= 11 is 0. The molecule has 0 aliphatic heterocycles. The van der Waals surface area contributed by atoms with Crippen LogP contribution < -0.4 is 4.74 Å². The predicted molar refractivity (Wildman–Crippen MR) is 51.8 cm³/mol. The van der Waals surface area contributed by atoms with Crippen molar-refractivity contribution in [3.8, 4) is 11.5 Å². The quantitative estimate of drug-likeness (QED) is 0.670. The van der Waals surface area contributed by atoms with Crippen LogP contribution in [0, 0.1) is 6.07 Å². The number of hydrogen-bond acceptors (Lipinski definition) is 1. The van der Waals surface area contributed by atoms with Gasteiger partial charge in [-0.3, -0.25) is 0 Å². The molecule has 0 saturated carbocycles. The first-order valence-electron chi connectivity index (χ1n) is 4.14. The molecule has 0 spiro atoms. The molecule has 0 N–H and O–H groups in total. The summed E-state index contributed by atoms with van der Waals surface area (Å²) in [7, 11) is 0. The normalized spacial score (nSPS) is 9.54. The summed E-state index contributed by atoms with van der Waals surface area (Å²) in [6.45, 7) is 0. The fourth-order valence-corrected chi connectivity index (χ4v) is 1.06. The maximum atomic E-state index is 5.56. The summed E-state index contributed by atoms with van der Waals surface area (Å²) in [4.78, 5) is 0. The lowest BCUT2D eigenvalue weighted by Crippen LogP contribution is -1.81. The van der Waals surface area contributed by atoms with Gasteiger partial charge in [-0.05, 0) is 30.3 Å². The van der Waals surface area contributed by atoms with E-state index in [0.29, 0.717) is 0 Å². The highest BCUT2D eigenvalue weighted by molar-refractivity contribution is 5.29. The van der Waals surface area contributed by atoms with Crippen molar-refractivity contribution in [2.45, 2.75) is 0 Å². The van der Waals surface area contributed by atoms with Crippen LogP contribution in [0.3, 0.4) is 0 Å². The van der Waals surface area contributed by atoms with E-state index < -0.39 is 0 Å². The lowest BCUT2D eigenvalue weighted by atomic mass is 10.3. The molecule has 2 aromatic carbocycles. The Hall–Kier alpha value is -1.76. The summed E-state index contributed by atoms with van der Waals surface area (Å²) in [6.07, 6.45) is 0. The van der Waals surface area contributed by atoms with Crippen LogP contribution in [-0.4, -0.2) is 0 Å². The minimum Gasteiger partial charge on any atom is -0.457 e. The molecule has 0 fully saturated rings. The average molecular weight is 169 g/mol. The Kier molecular flexibility index (Phi) is 2.28. The molecular weight excluding hydrogens is 160 g/mol. The Morgan fingerprint density at radius 1 is 0.769 bits per heavy atom. The second kappa shape index (κ2) is 3.76. The Morgan fingerprint density at radius 3 is 2.08 bits per heavy atom. The SMILES string of the molecule is [c]1ccc(Oc2ccccc2)cc1. The minimum atomic E-state index is 0.838. The zero-order valence-electron chi connectivity index (χ0n) is 7.10. The highest BCUT2D eigenvalue weighted by atomic mass is 16.5. The lowest BCUT2D eigenvalue weighted by molar-refractivity contribution is 0.482. The van der Waals surface area contributed by atoms with Crippen molar-refractivity contribution in [3.05, 3.63) is 60.7 Å². The molecule has 0 amide bonds. The largest absolute Gasteiger partial charge is 0.457 e. The molecule has 2 rings (SSSR count). The Bertz CT molecular complexity index is 316. The van der Waals surface area contributed by atoms with Crippen LogP contribution in [0.15, 0.2) is 54.6 Å². The standard InChI is InChI=1S/C12H9O/c1-3-7-11(8-4-1)13-12-9-5-2-6-10-12/h1,3-10H. The number of ether oxygens (including phenoxy) is 1. The van der Waals surface area contributed by atoms with Gasteiger partial charge >= 0.3 is 0 Å². The molecule has 0 aromatic heterocycles. The van der Waals surface area contributed by atoms with Crippen LogP contribution in [0.25, 0.3) is 0 Å². The predicted octanol–water partition coefficient (Wildman–Crippen LogP) is 3.28. The average Bonchev–Trinajstić information content (AvgIpc) is 2.21. The summed E-state index contributed by atoms with van der Waals surface area (Å²) < 4.78 is 5.56. The second-order valence-corrected chi connectivity index (χ2v) is 2.65. The second-order valence-electron chi connectivity index (χ2n) is 2.65. The van der Waals surface area contributed by atoms with Crippen molar-refractivity contribution in [2.24, 2.45) is 0 Å². The number of benzene rings is 2. The molecule has 0 bridgehead atoms. The highest BCUT2D eigenvalue weighted by Crippen LogP contribution is 2.19. The summed E-state index contributed by atoms with van der Waals surface area (Å²) in [5, 5.41) is 0. The van der Waals surface area contributed by atoms with E-state index in [1.165, 1.54) is 0 Å². The Labute approximate surface area is 77.6 Å². The van der Waals surface area contributed by atoms with Gasteiger partial charge in [-0.25, -0.2) is 0 Å². The van der Waals surface area contributed by atoms with Gasteiger partial charge in [0.15, 0.2) is 0 Å². The van der Waals surface area contributed by atoms with E-state index in [0.717, 1.165) is 11.5 Å². The summed E-state index contributed by atoms with van der Waals surface area (Å²) in [5.74, 6) is 1.69. The van der Waals surface area contributed by atoms with Crippen molar-refractivity contribution >= 4 is 0 Å². The zero-order valence-corrected chi connectivity index (χ0v) is 7.10. The van der Waals surface area contributed by atoms with Crippen molar-refractivity contribution in [2.75, 3.05) is 0 Å². The van der Waals surface area contributed by atoms with Gasteiger partial charge in [-0.1, -0.05) is 30.3 Å². The minimum absolute atomic E-state index is 0.838. The van der Waals surface area contributed by atoms with Gasteiger partial charge in [0, 0.05) is 0 Å². The molecule has 1 radical (unpaired) electrons. The van der Waals surface area contributed by atoms with E-state index in [2.05, 4.69) is 6.07 Å². The summed E-state index contributed by atoms with van der Waals surface area (Å²) in [5.41, 5.74) is 0. The topological polar surface area (TPSA) is 9.23 Å². The molecule has 1 nitrogen and oxygen atoms in total. The first-order valence-corrected chi connectivity index (χ1v) is 4.14. The molecule has 0 saturated heterocycles. The first kappa shape index (κ1) is 7.87. The number of para-hydroxylation sites is 1. The third kappa shape index (κ3) is 2.09. The van der Waals surface area contributed by atoms with E-state index in [9.17, 15) is 0 Å². The van der Waals surface area contributed by atoms with Gasteiger partial charge in [0.1, 0.15) is 11.5 Å². The Balaban J connectivity index is 2.16. The molecule has 13 heavy (non-hydrogen) atoms. The van der Waals surface area contributed by atoms with E-state index >= 15 is 0 Å². The molecule has 63 valence electrons. The molecule has 0 aliphatic carbocycles. The number of rotatable bonds is 2. The van der Waals surface area contributed by atoms with Gasteiger partial charge < -0.3 is 4.74 Å². The van der Waals surface area contributed by atoms with Crippen LogP contribution in [0.4, 0.5) is 0 Å². The third-order valence-corrected chi connectivity index (χ3v) is 1.67. The highest BCUT2D eigenvalue weighted by Gasteiger charge is 1.92. The fraction of sp³-hybridized carbons (Fsp3) is 0. The van der Waals surface area contributed by atoms with Crippen LogP contribution in [-0.2, 0) is 0 Å². The fourth-order valence-electron chi connectivity index (χ4n) is 1.06. The molecule has 2 aromatic rings. The molecule has 0 heterocycles. The maximum Gasteiger partial charge on any atom is 0.127 e. The smallest absolute Gasteiger partial charge is 0.127 e.